The molecule has 0 aliphatic carbocycles. The normalized spacial score (nSPS) is 13.0. The first-order valence-corrected chi connectivity index (χ1v) is 7.04. The number of amides is 1. The minimum atomic E-state index is -4.69. The highest BCUT2D eigenvalue weighted by Crippen LogP contribution is 2.33. The molecule has 0 unspecified atom stereocenters. The Labute approximate surface area is 134 Å². The van der Waals surface area contributed by atoms with Crippen LogP contribution in [0.3, 0.4) is 0 Å². The van der Waals surface area contributed by atoms with Gasteiger partial charge in [-0.15, -0.1) is 0 Å². The lowest BCUT2D eigenvalue weighted by Gasteiger charge is -2.12. The van der Waals surface area contributed by atoms with Crippen LogP contribution in [0.25, 0.3) is 11.1 Å². The van der Waals surface area contributed by atoms with Gasteiger partial charge in [0.1, 0.15) is 5.52 Å². The molecule has 0 radical (unpaired) electrons. The fourth-order valence-corrected chi connectivity index (χ4v) is 2.20. The summed E-state index contributed by atoms with van der Waals surface area (Å²) in [5.74, 6) is -2.26. The number of fused-ring (bicyclic) bond motifs is 1. The number of benzene rings is 1. The first-order valence-electron chi connectivity index (χ1n) is 7.04. The van der Waals surface area contributed by atoms with E-state index in [-0.39, 0.29) is 22.7 Å². The van der Waals surface area contributed by atoms with Gasteiger partial charge in [-0.05, 0) is 30.7 Å². The lowest BCUT2D eigenvalue weighted by Crippen LogP contribution is -2.19. The van der Waals surface area contributed by atoms with Crippen LogP contribution in [0.15, 0.2) is 47.1 Å². The standard InChI is InChI=1S/C16H12F3N3O2/c1-9(10-4-3-7-20-8-10)14(23)21-11-5-2-6-12-13(11)22-15(24-12)16(17,18)19/h2-9H,1H3,(H,21,23)/t9-/m0/s1. The SMILES string of the molecule is C[C@H](C(=O)Nc1cccc2oc(C(F)(F)F)nc12)c1cccnc1. The van der Waals surface area contributed by atoms with Crippen LogP contribution in [-0.4, -0.2) is 15.9 Å². The van der Waals surface area contributed by atoms with Crippen molar-refractivity contribution in [3.8, 4) is 0 Å². The van der Waals surface area contributed by atoms with Crippen molar-refractivity contribution in [2.75, 3.05) is 5.32 Å². The van der Waals surface area contributed by atoms with E-state index in [0.29, 0.717) is 5.56 Å². The van der Waals surface area contributed by atoms with E-state index >= 15 is 0 Å². The number of pyridine rings is 1. The van der Waals surface area contributed by atoms with E-state index in [1.54, 1.807) is 31.5 Å². The predicted octanol–water partition coefficient (Wildman–Crippen LogP) is 3.98. The van der Waals surface area contributed by atoms with Crippen molar-refractivity contribution in [2.45, 2.75) is 19.0 Å². The lowest BCUT2D eigenvalue weighted by molar-refractivity contribution is -0.156. The average Bonchev–Trinajstić information content (AvgIpc) is 3.00. The second-order valence-corrected chi connectivity index (χ2v) is 5.17. The van der Waals surface area contributed by atoms with Crippen LogP contribution in [-0.2, 0) is 11.0 Å². The number of oxazole rings is 1. The zero-order valence-electron chi connectivity index (χ0n) is 12.5. The van der Waals surface area contributed by atoms with Gasteiger partial charge in [-0.3, -0.25) is 9.78 Å². The van der Waals surface area contributed by atoms with E-state index in [4.69, 9.17) is 4.42 Å². The van der Waals surface area contributed by atoms with Gasteiger partial charge in [0, 0.05) is 12.4 Å². The van der Waals surface area contributed by atoms with Crippen molar-refractivity contribution in [1.29, 1.82) is 0 Å². The van der Waals surface area contributed by atoms with Crippen molar-refractivity contribution in [1.82, 2.24) is 9.97 Å². The zero-order chi connectivity index (χ0) is 17.3. The van der Waals surface area contributed by atoms with E-state index in [2.05, 4.69) is 15.3 Å². The predicted molar refractivity (Wildman–Crippen MR) is 80.3 cm³/mol. The Morgan fingerprint density at radius 2 is 2.04 bits per heavy atom. The maximum absolute atomic E-state index is 12.7. The molecule has 2 aromatic heterocycles. The molecule has 3 rings (SSSR count). The van der Waals surface area contributed by atoms with E-state index in [1.165, 1.54) is 18.2 Å². The molecular weight excluding hydrogens is 323 g/mol. The summed E-state index contributed by atoms with van der Waals surface area (Å²) in [7, 11) is 0. The number of nitrogens with one attached hydrogen (secondary N) is 1. The summed E-state index contributed by atoms with van der Waals surface area (Å²) >= 11 is 0. The number of hydrogen-bond acceptors (Lipinski definition) is 4. The third-order valence-electron chi connectivity index (χ3n) is 3.50. The van der Waals surface area contributed by atoms with Gasteiger partial charge in [0.15, 0.2) is 5.58 Å². The summed E-state index contributed by atoms with van der Waals surface area (Å²) in [4.78, 5) is 19.7. The minimum absolute atomic E-state index is 0.0449. The van der Waals surface area contributed by atoms with Crippen LogP contribution in [0.2, 0.25) is 0 Å². The Morgan fingerprint density at radius 1 is 1.25 bits per heavy atom. The Morgan fingerprint density at radius 3 is 2.71 bits per heavy atom. The highest BCUT2D eigenvalue weighted by atomic mass is 19.4. The quantitative estimate of drug-likeness (QED) is 0.786. The highest BCUT2D eigenvalue weighted by Gasteiger charge is 2.37. The topological polar surface area (TPSA) is 68.0 Å². The van der Waals surface area contributed by atoms with Crippen LogP contribution in [0, 0.1) is 0 Å². The van der Waals surface area contributed by atoms with Gasteiger partial charge in [-0.25, -0.2) is 4.98 Å². The van der Waals surface area contributed by atoms with Crippen molar-refractivity contribution in [2.24, 2.45) is 0 Å². The van der Waals surface area contributed by atoms with Crippen LogP contribution in [0.5, 0.6) is 0 Å². The summed E-state index contributed by atoms with van der Waals surface area (Å²) < 4.78 is 42.9. The number of carbonyl (C=O) groups is 1. The molecule has 0 spiro atoms. The number of para-hydroxylation sites is 1. The highest BCUT2D eigenvalue weighted by molar-refractivity contribution is 6.01. The monoisotopic (exact) mass is 335 g/mol. The Bertz CT molecular complexity index is 875. The minimum Gasteiger partial charge on any atom is -0.433 e. The average molecular weight is 335 g/mol. The van der Waals surface area contributed by atoms with Crippen LogP contribution < -0.4 is 5.32 Å². The molecule has 24 heavy (non-hydrogen) atoms. The zero-order valence-corrected chi connectivity index (χ0v) is 12.5. The molecule has 0 saturated carbocycles. The van der Waals surface area contributed by atoms with Crippen molar-refractivity contribution < 1.29 is 22.4 Å². The second kappa shape index (κ2) is 5.95. The van der Waals surface area contributed by atoms with Gasteiger partial charge in [0.25, 0.3) is 0 Å². The largest absolute Gasteiger partial charge is 0.468 e. The third-order valence-corrected chi connectivity index (χ3v) is 3.50. The number of aromatic nitrogens is 2. The molecule has 0 saturated heterocycles. The smallest absolute Gasteiger partial charge is 0.433 e. The molecule has 3 aromatic rings. The van der Waals surface area contributed by atoms with E-state index in [0.717, 1.165) is 0 Å². The molecule has 2 heterocycles. The molecule has 0 fully saturated rings. The molecule has 0 aliphatic rings. The Hall–Kier alpha value is -2.90. The lowest BCUT2D eigenvalue weighted by atomic mass is 10.0. The van der Waals surface area contributed by atoms with Crippen molar-refractivity contribution in [3.05, 3.63) is 54.2 Å². The maximum Gasteiger partial charge on any atom is 0.468 e. The Kier molecular flexibility index (Phi) is 3.96. The molecule has 1 aromatic carbocycles. The van der Waals surface area contributed by atoms with E-state index in [9.17, 15) is 18.0 Å². The Balaban J connectivity index is 1.90. The number of alkyl halides is 3. The third kappa shape index (κ3) is 3.08. The molecule has 1 N–H and O–H groups in total. The van der Waals surface area contributed by atoms with Gasteiger partial charge >= 0.3 is 12.1 Å². The van der Waals surface area contributed by atoms with Gasteiger partial charge in [-0.1, -0.05) is 12.1 Å². The molecular formula is C16H12F3N3O2. The molecule has 1 amide bonds. The van der Waals surface area contributed by atoms with Gasteiger partial charge in [0.2, 0.25) is 5.91 Å². The summed E-state index contributed by atoms with van der Waals surface area (Å²) in [6.07, 6.45) is -1.55. The fourth-order valence-electron chi connectivity index (χ4n) is 2.20. The van der Waals surface area contributed by atoms with Crippen LogP contribution in [0.1, 0.15) is 24.3 Å². The number of hydrogen-bond donors (Lipinski definition) is 1. The first-order chi connectivity index (χ1) is 11.4. The molecule has 8 heteroatoms. The molecule has 0 aliphatic heterocycles. The van der Waals surface area contributed by atoms with E-state index in [1.807, 2.05) is 0 Å². The summed E-state index contributed by atoms with van der Waals surface area (Å²) in [5, 5.41) is 2.59. The molecule has 124 valence electrons. The maximum atomic E-state index is 12.7. The number of carbonyl (C=O) groups excluding carboxylic acids is 1. The molecule has 0 bridgehead atoms. The summed E-state index contributed by atoms with van der Waals surface area (Å²) in [6, 6.07) is 7.76. The van der Waals surface area contributed by atoms with Gasteiger partial charge in [0.05, 0.1) is 11.6 Å². The fraction of sp³-hybridized carbons (Fsp3) is 0.188. The number of rotatable bonds is 3. The van der Waals surface area contributed by atoms with Gasteiger partial charge in [-0.2, -0.15) is 13.2 Å². The summed E-state index contributed by atoms with van der Waals surface area (Å²) in [5.41, 5.74) is 0.761. The second-order valence-electron chi connectivity index (χ2n) is 5.17. The first kappa shape index (κ1) is 16.0. The number of anilines is 1. The number of nitrogens with zero attached hydrogens (tertiary/aromatic N) is 2. The molecule has 5 nitrogen and oxygen atoms in total. The molecule has 1 atom stereocenters. The van der Waals surface area contributed by atoms with Crippen molar-refractivity contribution >= 4 is 22.7 Å². The van der Waals surface area contributed by atoms with Crippen molar-refractivity contribution in [3.63, 3.8) is 0 Å². The van der Waals surface area contributed by atoms with E-state index < -0.39 is 18.0 Å². The van der Waals surface area contributed by atoms with Crippen LogP contribution >= 0.6 is 0 Å². The van der Waals surface area contributed by atoms with Crippen LogP contribution in [0.4, 0.5) is 18.9 Å². The number of halogens is 3. The van der Waals surface area contributed by atoms with Gasteiger partial charge < -0.3 is 9.73 Å². The summed E-state index contributed by atoms with van der Waals surface area (Å²) in [6.45, 7) is 1.68.